The lowest BCUT2D eigenvalue weighted by Gasteiger charge is -2.08. The van der Waals surface area contributed by atoms with E-state index in [0.29, 0.717) is 21.3 Å². The smallest absolute Gasteiger partial charge is 0.411 e. The number of hydrogen-bond donors (Lipinski definition) is 1. The van der Waals surface area contributed by atoms with E-state index in [2.05, 4.69) is 5.32 Å². The molecule has 0 saturated carbocycles. The third-order valence-corrected chi connectivity index (χ3v) is 3.40. The fraction of sp³-hybridized carbons (Fsp3) is 0.0714. The van der Waals surface area contributed by atoms with Crippen molar-refractivity contribution in [2.45, 2.75) is 6.61 Å². The van der Waals surface area contributed by atoms with Crippen molar-refractivity contribution in [1.29, 1.82) is 0 Å². The van der Waals surface area contributed by atoms with Crippen LogP contribution in [0.15, 0.2) is 42.5 Å². The monoisotopic (exact) mass is 340 g/mol. The number of nitro groups is 1. The van der Waals surface area contributed by atoms with Gasteiger partial charge in [0.2, 0.25) is 0 Å². The van der Waals surface area contributed by atoms with Gasteiger partial charge in [0, 0.05) is 17.8 Å². The van der Waals surface area contributed by atoms with Crippen molar-refractivity contribution < 1.29 is 14.5 Å². The van der Waals surface area contributed by atoms with E-state index in [1.54, 1.807) is 18.2 Å². The van der Waals surface area contributed by atoms with Crippen LogP contribution in [0.5, 0.6) is 0 Å². The van der Waals surface area contributed by atoms with Crippen molar-refractivity contribution in [1.82, 2.24) is 0 Å². The van der Waals surface area contributed by atoms with Gasteiger partial charge >= 0.3 is 6.09 Å². The number of halogens is 2. The largest absolute Gasteiger partial charge is 0.444 e. The number of nitrogens with one attached hydrogen (secondary N) is 1. The standard InChI is InChI=1S/C14H10Cl2N2O4/c15-12-5-4-10(7-13(12)16)17-14(19)22-8-9-2-1-3-11(6-9)18(20)21/h1-7H,8H2,(H,17,19). The zero-order chi connectivity index (χ0) is 16.1. The summed E-state index contributed by atoms with van der Waals surface area (Å²) < 4.78 is 4.99. The van der Waals surface area contributed by atoms with Gasteiger partial charge in [-0.1, -0.05) is 35.3 Å². The minimum atomic E-state index is -0.704. The lowest BCUT2D eigenvalue weighted by molar-refractivity contribution is -0.384. The average molecular weight is 341 g/mol. The second-order valence-electron chi connectivity index (χ2n) is 4.26. The molecule has 8 heteroatoms. The van der Waals surface area contributed by atoms with E-state index in [1.165, 1.54) is 24.3 Å². The summed E-state index contributed by atoms with van der Waals surface area (Å²) in [5, 5.41) is 13.8. The molecular weight excluding hydrogens is 331 g/mol. The van der Waals surface area contributed by atoms with Crippen LogP contribution in [0.2, 0.25) is 10.0 Å². The highest BCUT2D eigenvalue weighted by Crippen LogP contribution is 2.25. The molecule has 6 nitrogen and oxygen atoms in total. The van der Waals surface area contributed by atoms with E-state index in [4.69, 9.17) is 27.9 Å². The number of rotatable bonds is 4. The van der Waals surface area contributed by atoms with Crippen LogP contribution in [0.25, 0.3) is 0 Å². The third kappa shape index (κ3) is 4.34. The highest BCUT2D eigenvalue weighted by molar-refractivity contribution is 6.42. The Balaban J connectivity index is 1.94. The third-order valence-electron chi connectivity index (χ3n) is 2.66. The van der Waals surface area contributed by atoms with Crippen LogP contribution in [0.3, 0.4) is 0 Å². The summed E-state index contributed by atoms with van der Waals surface area (Å²) in [5.74, 6) is 0. The van der Waals surface area contributed by atoms with Crippen LogP contribution in [-0.2, 0) is 11.3 Å². The number of hydrogen-bond acceptors (Lipinski definition) is 4. The summed E-state index contributed by atoms with van der Waals surface area (Å²) >= 11 is 11.6. The summed E-state index contributed by atoms with van der Waals surface area (Å²) in [6, 6.07) is 10.4. The number of carbonyl (C=O) groups is 1. The number of anilines is 1. The van der Waals surface area contributed by atoms with E-state index in [9.17, 15) is 14.9 Å². The minimum absolute atomic E-state index is 0.0639. The molecule has 0 spiro atoms. The molecule has 0 aromatic heterocycles. The van der Waals surface area contributed by atoms with Gasteiger partial charge in [0.25, 0.3) is 5.69 Å². The van der Waals surface area contributed by atoms with Crippen LogP contribution < -0.4 is 5.32 Å². The molecule has 2 aromatic carbocycles. The molecule has 1 N–H and O–H groups in total. The van der Waals surface area contributed by atoms with E-state index in [0.717, 1.165) is 0 Å². The molecule has 114 valence electrons. The van der Waals surface area contributed by atoms with Crippen LogP contribution in [0.4, 0.5) is 16.2 Å². The van der Waals surface area contributed by atoms with Crippen molar-refractivity contribution in [3.63, 3.8) is 0 Å². The summed E-state index contributed by atoms with van der Waals surface area (Å²) in [6.45, 7) is -0.0885. The second-order valence-corrected chi connectivity index (χ2v) is 5.07. The van der Waals surface area contributed by atoms with Crippen LogP contribution >= 0.6 is 23.2 Å². The summed E-state index contributed by atoms with van der Waals surface area (Å²) in [5.41, 5.74) is 0.878. The molecule has 0 bridgehead atoms. The maximum absolute atomic E-state index is 11.7. The highest BCUT2D eigenvalue weighted by Gasteiger charge is 2.09. The molecule has 0 aliphatic heterocycles. The van der Waals surface area contributed by atoms with Crippen LogP contribution in [0, 0.1) is 10.1 Å². The normalized spacial score (nSPS) is 10.1. The number of nitrogens with zero attached hydrogens (tertiary/aromatic N) is 1. The van der Waals surface area contributed by atoms with Gasteiger partial charge in [-0.25, -0.2) is 4.79 Å². The molecule has 0 fully saturated rings. The van der Waals surface area contributed by atoms with E-state index in [1.807, 2.05) is 0 Å². The Morgan fingerprint density at radius 2 is 1.95 bits per heavy atom. The summed E-state index contributed by atoms with van der Waals surface area (Å²) in [4.78, 5) is 21.8. The van der Waals surface area contributed by atoms with Crippen molar-refractivity contribution >= 4 is 40.7 Å². The Morgan fingerprint density at radius 3 is 2.64 bits per heavy atom. The lowest BCUT2D eigenvalue weighted by atomic mass is 10.2. The van der Waals surface area contributed by atoms with Gasteiger partial charge in [0.1, 0.15) is 6.61 Å². The van der Waals surface area contributed by atoms with Crippen LogP contribution in [0.1, 0.15) is 5.56 Å². The zero-order valence-electron chi connectivity index (χ0n) is 11.1. The van der Waals surface area contributed by atoms with Gasteiger partial charge in [-0.05, 0) is 23.8 Å². The molecule has 2 rings (SSSR count). The van der Waals surface area contributed by atoms with Gasteiger partial charge < -0.3 is 4.74 Å². The number of ether oxygens (including phenoxy) is 1. The van der Waals surface area contributed by atoms with Gasteiger partial charge in [-0.3, -0.25) is 15.4 Å². The van der Waals surface area contributed by atoms with Gasteiger partial charge in [0.15, 0.2) is 0 Å². The molecule has 0 aliphatic carbocycles. The first-order valence-corrected chi connectivity index (χ1v) is 6.83. The first-order chi connectivity index (χ1) is 10.5. The predicted octanol–water partition coefficient (Wildman–Crippen LogP) is 4.65. The first-order valence-electron chi connectivity index (χ1n) is 6.08. The van der Waals surface area contributed by atoms with E-state index < -0.39 is 11.0 Å². The molecule has 0 radical (unpaired) electrons. The topological polar surface area (TPSA) is 81.5 Å². The molecule has 0 atom stereocenters. The molecule has 1 amide bonds. The number of nitro benzene ring substituents is 1. The van der Waals surface area contributed by atoms with Crippen molar-refractivity contribution in [2.75, 3.05) is 5.32 Å². The number of carbonyl (C=O) groups excluding carboxylic acids is 1. The quantitative estimate of drug-likeness (QED) is 0.648. The summed E-state index contributed by atoms with van der Waals surface area (Å²) in [6.07, 6.45) is -0.704. The van der Waals surface area contributed by atoms with Gasteiger partial charge in [-0.2, -0.15) is 0 Å². The first kappa shape index (κ1) is 16.1. The lowest BCUT2D eigenvalue weighted by Crippen LogP contribution is -2.13. The van der Waals surface area contributed by atoms with Crippen molar-refractivity contribution in [2.24, 2.45) is 0 Å². The minimum Gasteiger partial charge on any atom is -0.444 e. The SMILES string of the molecule is O=C(Nc1ccc(Cl)c(Cl)c1)OCc1cccc([N+](=O)[O-])c1. The maximum Gasteiger partial charge on any atom is 0.411 e. The predicted molar refractivity (Wildman–Crippen MR) is 83.4 cm³/mol. The molecule has 0 saturated heterocycles. The Kier molecular flexibility index (Phi) is 5.19. The van der Waals surface area contributed by atoms with Crippen molar-refractivity contribution in [3.05, 3.63) is 68.2 Å². The Morgan fingerprint density at radius 1 is 1.18 bits per heavy atom. The van der Waals surface area contributed by atoms with Crippen molar-refractivity contribution in [3.8, 4) is 0 Å². The molecule has 0 heterocycles. The highest BCUT2D eigenvalue weighted by atomic mass is 35.5. The van der Waals surface area contributed by atoms with E-state index in [-0.39, 0.29) is 12.3 Å². The molecule has 0 aliphatic rings. The fourth-order valence-electron chi connectivity index (χ4n) is 1.64. The average Bonchev–Trinajstić information content (AvgIpc) is 2.49. The molecule has 22 heavy (non-hydrogen) atoms. The van der Waals surface area contributed by atoms with Crippen LogP contribution in [-0.4, -0.2) is 11.0 Å². The molecular formula is C14H10Cl2N2O4. The molecule has 2 aromatic rings. The number of amides is 1. The Labute approximate surface area is 135 Å². The Hall–Kier alpha value is -2.31. The maximum atomic E-state index is 11.7. The molecule has 0 unspecified atom stereocenters. The summed E-state index contributed by atoms with van der Waals surface area (Å²) in [7, 11) is 0. The van der Waals surface area contributed by atoms with Gasteiger partial charge in [0.05, 0.1) is 15.0 Å². The Bertz CT molecular complexity index is 722. The number of benzene rings is 2. The van der Waals surface area contributed by atoms with Gasteiger partial charge in [-0.15, -0.1) is 0 Å². The second kappa shape index (κ2) is 7.11. The number of non-ortho nitro benzene ring substituents is 1. The van der Waals surface area contributed by atoms with E-state index >= 15 is 0 Å². The zero-order valence-corrected chi connectivity index (χ0v) is 12.6. The fourth-order valence-corrected chi connectivity index (χ4v) is 1.93.